The van der Waals surface area contributed by atoms with Crippen LogP contribution in [0.4, 0.5) is 0 Å². The molecule has 8 unspecified atom stereocenters. The summed E-state index contributed by atoms with van der Waals surface area (Å²) in [6.45, 7) is 0.0733. The van der Waals surface area contributed by atoms with Crippen LogP contribution in [0.5, 0.6) is 0 Å². The van der Waals surface area contributed by atoms with Crippen LogP contribution in [-0.4, -0.2) is 68.3 Å². The van der Waals surface area contributed by atoms with Crippen molar-refractivity contribution in [3.63, 3.8) is 0 Å². The standard InChI is InChI=1S/C15H22O8/c1-14(19)11(18)10(17)13(23-15(14,20)7-16)22-12-9-4-2-3-8(9)5-6-21-12/h2,4-6,8-13,16-20H,3,7H2,1H3. The summed E-state index contributed by atoms with van der Waals surface area (Å²) in [6, 6.07) is 0. The maximum atomic E-state index is 10.2. The molecule has 8 nitrogen and oxygen atoms in total. The molecule has 5 N–H and O–H groups in total. The molecule has 0 aromatic carbocycles. The summed E-state index contributed by atoms with van der Waals surface area (Å²) in [5.41, 5.74) is -2.27. The Balaban J connectivity index is 1.77. The number of hydrogen-bond acceptors (Lipinski definition) is 8. The summed E-state index contributed by atoms with van der Waals surface area (Å²) in [5, 5.41) is 49.9. The molecular weight excluding hydrogens is 308 g/mol. The first-order valence-electron chi connectivity index (χ1n) is 7.54. The molecule has 0 aromatic heterocycles. The van der Waals surface area contributed by atoms with E-state index in [2.05, 4.69) is 0 Å². The number of fused-ring (bicyclic) bond motifs is 1. The predicted molar refractivity (Wildman–Crippen MR) is 75.4 cm³/mol. The maximum Gasteiger partial charge on any atom is 0.223 e. The Bertz CT molecular complexity index is 504. The smallest absolute Gasteiger partial charge is 0.223 e. The normalized spacial score (nSPS) is 52.3. The highest BCUT2D eigenvalue weighted by atomic mass is 16.8. The molecular formula is C15H22O8. The molecule has 1 saturated heterocycles. The van der Waals surface area contributed by atoms with Gasteiger partial charge in [-0.15, -0.1) is 0 Å². The molecule has 130 valence electrons. The van der Waals surface area contributed by atoms with Crippen LogP contribution in [0.15, 0.2) is 24.5 Å². The molecule has 0 aromatic rings. The van der Waals surface area contributed by atoms with Crippen LogP contribution in [0.1, 0.15) is 13.3 Å². The number of hydrogen-bond donors (Lipinski definition) is 5. The Kier molecular flexibility index (Phi) is 4.26. The molecule has 0 amide bonds. The third kappa shape index (κ3) is 2.60. The fourth-order valence-electron chi connectivity index (χ4n) is 3.16. The number of allylic oxidation sites excluding steroid dienone is 2. The van der Waals surface area contributed by atoms with Crippen molar-refractivity contribution in [1.29, 1.82) is 0 Å². The lowest BCUT2D eigenvalue weighted by atomic mass is 9.83. The molecule has 3 aliphatic rings. The van der Waals surface area contributed by atoms with Crippen molar-refractivity contribution in [3.05, 3.63) is 24.5 Å². The van der Waals surface area contributed by atoms with Gasteiger partial charge in [0.05, 0.1) is 6.26 Å². The Hall–Kier alpha value is -1.00. The zero-order valence-electron chi connectivity index (χ0n) is 12.6. The number of ether oxygens (including phenoxy) is 3. The van der Waals surface area contributed by atoms with Gasteiger partial charge < -0.3 is 39.7 Å². The van der Waals surface area contributed by atoms with E-state index in [0.29, 0.717) is 0 Å². The summed E-state index contributed by atoms with van der Waals surface area (Å²) >= 11 is 0. The molecule has 2 heterocycles. The van der Waals surface area contributed by atoms with E-state index < -0.39 is 42.8 Å². The van der Waals surface area contributed by atoms with Gasteiger partial charge in [-0.1, -0.05) is 12.2 Å². The monoisotopic (exact) mass is 330 g/mol. The lowest BCUT2D eigenvalue weighted by Gasteiger charge is -2.51. The van der Waals surface area contributed by atoms with Crippen LogP contribution in [0.25, 0.3) is 0 Å². The van der Waals surface area contributed by atoms with E-state index in [1.165, 1.54) is 6.26 Å². The molecule has 8 atom stereocenters. The lowest BCUT2D eigenvalue weighted by molar-refractivity contribution is -0.438. The molecule has 0 saturated carbocycles. The van der Waals surface area contributed by atoms with Crippen molar-refractivity contribution < 1.29 is 39.7 Å². The number of aliphatic hydroxyl groups is 5. The molecule has 1 aliphatic carbocycles. The van der Waals surface area contributed by atoms with Crippen LogP contribution in [0, 0.1) is 11.8 Å². The Morgan fingerprint density at radius 2 is 1.96 bits per heavy atom. The molecule has 3 rings (SSSR count). The third-order valence-corrected chi connectivity index (χ3v) is 4.88. The minimum atomic E-state index is -2.48. The van der Waals surface area contributed by atoms with Gasteiger partial charge in [0, 0.05) is 5.92 Å². The van der Waals surface area contributed by atoms with Crippen LogP contribution in [0.3, 0.4) is 0 Å². The zero-order chi connectivity index (χ0) is 16.8. The van der Waals surface area contributed by atoms with Crippen molar-refractivity contribution in [2.24, 2.45) is 11.8 Å². The van der Waals surface area contributed by atoms with Gasteiger partial charge in [-0.3, -0.25) is 0 Å². The third-order valence-electron chi connectivity index (χ3n) is 4.88. The molecule has 2 aliphatic heterocycles. The zero-order valence-corrected chi connectivity index (χ0v) is 12.6. The van der Waals surface area contributed by atoms with Gasteiger partial charge in [-0.2, -0.15) is 0 Å². The first kappa shape index (κ1) is 16.8. The van der Waals surface area contributed by atoms with Crippen LogP contribution >= 0.6 is 0 Å². The SMILES string of the molecule is CC1(O)C(O)C(O)C(OC2OC=CC3CC=CC32)OC1(O)CO. The van der Waals surface area contributed by atoms with Gasteiger partial charge >= 0.3 is 0 Å². The number of aliphatic hydroxyl groups excluding tert-OH is 3. The average Bonchev–Trinajstić information content (AvgIpc) is 3.00. The fraction of sp³-hybridized carbons (Fsp3) is 0.733. The summed E-state index contributed by atoms with van der Waals surface area (Å²) in [4.78, 5) is 0. The Morgan fingerprint density at radius 1 is 1.22 bits per heavy atom. The summed E-state index contributed by atoms with van der Waals surface area (Å²) in [6.07, 6.45) is 2.50. The van der Waals surface area contributed by atoms with Gasteiger partial charge in [0.15, 0.2) is 6.29 Å². The first-order valence-corrected chi connectivity index (χ1v) is 7.54. The van der Waals surface area contributed by atoms with E-state index >= 15 is 0 Å². The minimum absolute atomic E-state index is 0.0856. The van der Waals surface area contributed by atoms with E-state index in [-0.39, 0.29) is 11.8 Å². The van der Waals surface area contributed by atoms with E-state index in [0.717, 1.165) is 13.3 Å². The number of rotatable bonds is 3. The van der Waals surface area contributed by atoms with E-state index in [1.54, 1.807) is 0 Å². The van der Waals surface area contributed by atoms with Gasteiger partial charge in [0.25, 0.3) is 0 Å². The largest absolute Gasteiger partial charge is 0.472 e. The van der Waals surface area contributed by atoms with Crippen LogP contribution in [-0.2, 0) is 14.2 Å². The van der Waals surface area contributed by atoms with Crippen LogP contribution < -0.4 is 0 Å². The van der Waals surface area contributed by atoms with E-state index in [9.17, 15) is 25.5 Å². The quantitative estimate of drug-likeness (QED) is 0.399. The molecule has 0 radical (unpaired) electrons. The Morgan fingerprint density at radius 3 is 2.65 bits per heavy atom. The van der Waals surface area contributed by atoms with Gasteiger partial charge in [0.1, 0.15) is 24.4 Å². The highest BCUT2D eigenvalue weighted by Crippen LogP contribution is 2.40. The molecule has 23 heavy (non-hydrogen) atoms. The molecule has 0 spiro atoms. The molecule has 1 fully saturated rings. The first-order chi connectivity index (χ1) is 10.8. The molecule has 0 bridgehead atoms. The Labute approximate surface area is 133 Å². The average molecular weight is 330 g/mol. The summed E-state index contributed by atoms with van der Waals surface area (Å²) < 4.78 is 16.1. The van der Waals surface area contributed by atoms with Crippen molar-refractivity contribution >= 4 is 0 Å². The second-order valence-corrected chi connectivity index (χ2v) is 6.39. The summed E-state index contributed by atoms with van der Waals surface area (Å²) in [7, 11) is 0. The van der Waals surface area contributed by atoms with E-state index in [1.807, 2.05) is 18.2 Å². The second kappa shape index (κ2) is 5.82. The van der Waals surface area contributed by atoms with E-state index in [4.69, 9.17) is 14.2 Å². The van der Waals surface area contributed by atoms with Crippen molar-refractivity contribution in [2.45, 2.75) is 49.5 Å². The molecule has 8 heteroatoms. The maximum absolute atomic E-state index is 10.2. The predicted octanol–water partition coefficient (Wildman–Crippen LogP) is -1.42. The highest BCUT2D eigenvalue weighted by Gasteiger charge is 2.61. The van der Waals surface area contributed by atoms with Crippen molar-refractivity contribution in [3.8, 4) is 0 Å². The fourth-order valence-corrected chi connectivity index (χ4v) is 3.16. The van der Waals surface area contributed by atoms with Crippen molar-refractivity contribution in [2.75, 3.05) is 6.61 Å². The topological polar surface area (TPSA) is 129 Å². The summed E-state index contributed by atoms with van der Waals surface area (Å²) in [5.74, 6) is -2.36. The lowest BCUT2D eigenvalue weighted by Crippen LogP contribution is -2.73. The van der Waals surface area contributed by atoms with Gasteiger partial charge in [-0.25, -0.2) is 0 Å². The van der Waals surface area contributed by atoms with Gasteiger partial charge in [-0.05, 0) is 25.3 Å². The minimum Gasteiger partial charge on any atom is -0.472 e. The van der Waals surface area contributed by atoms with Crippen LogP contribution in [0.2, 0.25) is 0 Å². The highest BCUT2D eigenvalue weighted by molar-refractivity contribution is 5.11. The van der Waals surface area contributed by atoms with Crippen molar-refractivity contribution in [1.82, 2.24) is 0 Å². The van der Waals surface area contributed by atoms with Gasteiger partial charge in [0.2, 0.25) is 12.1 Å². The second-order valence-electron chi connectivity index (χ2n) is 6.39.